The average molecular weight is 452 g/mol. The summed E-state index contributed by atoms with van der Waals surface area (Å²) in [5.74, 6) is 4.50. The zero-order valence-corrected chi connectivity index (χ0v) is 19.3. The van der Waals surface area contributed by atoms with Crippen molar-refractivity contribution in [3.63, 3.8) is 0 Å². The van der Waals surface area contributed by atoms with Gasteiger partial charge in [-0.1, -0.05) is 5.16 Å². The standard InChI is InChI=1S/C25H33N5O3/c1-32-21-4-2-20(3-5-21)23-26-22(28-33-23)16-29-6-8-30(9-7-29)24(31)27-25-13-17-10-18(14-25)12-19(11-17)15-25/h2-5,17-19H,6-16H2,1H3,(H,27,31). The summed E-state index contributed by atoms with van der Waals surface area (Å²) < 4.78 is 10.7. The first-order valence-electron chi connectivity index (χ1n) is 12.3. The predicted octanol–water partition coefficient (Wildman–Crippen LogP) is 3.54. The Morgan fingerprint density at radius 2 is 1.70 bits per heavy atom. The Morgan fingerprint density at radius 3 is 2.30 bits per heavy atom. The molecule has 0 atom stereocenters. The van der Waals surface area contributed by atoms with Crippen molar-refractivity contribution in [2.24, 2.45) is 17.8 Å². The van der Waals surface area contributed by atoms with Gasteiger partial charge in [-0.15, -0.1) is 0 Å². The Hall–Kier alpha value is -2.61. The molecule has 1 aromatic heterocycles. The molecule has 8 heteroatoms. The minimum absolute atomic E-state index is 0.0749. The fourth-order valence-electron chi connectivity index (χ4n) is 7.05. The number of nitrogens with one attached hydrogen (secondary N) is 1. The van der Waals surface area contributed by atoms with Crippen LogP contribution in [0.15, 0.2) is 28.8 Å². The predicted molar refractivity (Wildman–Crippen MR) is 123 cm³/mol. The molecule has 33 heavy (non-hydrogen) atoms. The molecule has 8 nitrogen and oxygen atoms in total. The molecule has 0 radical (unpaired) electrons. The maximum Gasteiger partial charge on any atom is 0.317 e. The number of urea groups is 1. The van der Waals surface area contributed by atoms with Crippen LogP contribution in [0.5, 0.6) is 5.75 Å². The highest BCUT2D eigenvalue weighted by atomic mass is 16.5. The van der Waals surface area contributed by atoms with E-state index in [1.54, 1.807) is 7.11 Å². The molecule has 1 saturated heterocycles. The molecular formula is C25H33N5O3. The molecule has 2 heterocycles. The molecule has 4 aliphatic carbocycles. The van der Waals surface area contributed by atoms with E-state index in [1.165, 1.54) is 38.5 Å². The molecule has 2 amide bonds. The summed E-state index contributed by atoms with van der Waals surface area (Å²) in [6.07, 6.45) is 7.76. The number of amides is 2. The second kappa shape index (κ2) is 8.31. The highest BCUT2D eigenvalue weighted by Gasteiger charge is 2.51. The number of aromatic nitrogens is 2. The third kappa shape index (κ3) is 4.21. The molecule has 1 aliphatic heterocycles. The lowest BCUT2D eigenvalue weighted by Gasteiger charge is -2.57. The van der Waals surface area contributed by atoms with Crippen LogP contribution in [0.3, 0.4) is 0 Å². The third-order valence-corrected chi connectivity index (χ3v) is 8.24. The Morgan fingerprint density at radius 1 is 1.06 bits per heavy atom. The maximum absolute atomic E-state index is 13.1. The van der Waals surface area contributed by atoms with Crippen molar-refractivity contribution in [1.82, 2.24) is 25.3 Å². The van der Waals surface area contributed by atoms with Gasteiger partial charge < -0.3 is 19.5 Å². The van der Waals surface area contributed by atoms with E-state index in [0.717, 1.165) is 55.2 Å². The molecule has 1 aromatic carbocycles. The van der Waals surface area contributed by atoms with Crippen molar-refractivity contribution in [2.75, 3.05) is 33.3 Å². The highest BCUT2D eigenvalue weighted by molar-refractivity contribution is 5.75. The van der Waals surface area contributed by atoms with Crippen LogP contribution in [0.25, 0.3) is 11.5 Å². The summed E-state index contributed by atoms with van der Waals surface area (Å²) in [6, 6.07) is 7.73. The van der Waals surface area contributed by atoms with E-state index >= 15 is 0 Å². The van der Waals surface area contributed by atoms with Crippen LogP contribution >= 0.6 is 0 Å². The summed E-state index contributed by atoms with van der Waals surface area (Å²) in [4.78, 5) is 21.9. The van der Waals surface area contributed by atoms with Crippen molar-refractivity contribution in [1.29, 1.82) is 0 Å². The number of carbonyl (C=O) groups excluding carboxylic acids is 1. The van der Waals surface area contributed by atoms with Gasteiger partial charge in [-0.2, -0.15) is 4.98 Å². The van der Waals surface area contributed by atoms with Crippen LogP contribution in [-0.2, 0) is 6.54 Å². The van der Waals surface area contributed by atoms with Gasteiger partial charge in [0.2, 0.25) is 0 Å². The minimum atomic E-state index is 0.0749. The van der Waals surface area contributed by atoms with E-state index in [2.05, 4.69) is 20.4 Å². The number of methoxy groups -OCH3 is 1. The van der Waals surface area contributed by atoms with E-state index < -0.39 is 0 Å². The van der Waals surface area contributed by atoms with Crippen molar-refractivity contribution in [2.45, 2.75) is 50.6 Å². The molecule has 5 fully saturated rings. The highest BCUT2D eigenvalue weighted by Crippen LogP contribution is 2.55. The summed E-state index contributed by atoms with van der Waals surface area (Å²) in [5, 5.41) is 7.66. The van der Waals surface area contributed by atoms with E-state index in [-0.39, 0.29) is 11.6 Å². The van der Waals surface area contributed by atoms with Gasteiger partial charge in [0.05, 0.1) is 13.7 Å². The van der Waals surface area contributed by atoms with Crippen LogP contribution in [0.2, 0.25) is 0 Å². The lowest BCUT2D eigenvalue weighted by molar-refractivity contribution is -0.0165. The minimum Gasteiger partial charge on any atom is -0.497 e. The fourth-order valence-corrected chi connectivity index (χ4v) is 7.05. The van der Waals surface area contributed by atoms with Gasteiger partial charge in [-0.05, 0) is 80.5 Å². The number of hydrogen-bond acceptors (Lipinski definition) is 6. The van der Waals surface area contributed by atoms with Gasteiger partial charge in [0, 0.05) is 37.3 Å². The summed E-state index contributed by atoms with van der Waals surface area (Å²) >= 11 is 0. The third-order valence-electron chi connectivity index (χ3n) is 8.24. The fraction of sp³-hybridized carbons (Fsp3) is 0.640. The monoisotopic (exact) mass is 451 g/mol. The zero-order valence-electron chi connectivity index (χ0n) is 19.3. The Kier molecular flexibility index (Phi) is 5.28. The number of ether oxygens (including phenoxy) is 1. The first-order chi connectivity index (χ1) is 16.1. The molecule has 0 spiro atoms. The lowest BCUT2D eigenvalue weighted by Crippen LogP contribution is -2.63. The molecule has 1 N–H and O–H groups in total. The van der Waals surface area contributed by atoms with Crippen molar-refractivity contribution in [3.05, 3.63) is 30.1 Å². The van der Waals surface area contributed by atoms with Gasteiger partial charge >= 0.3 is 6.03 Å². The van der Waals surface area contributed by atoms with Crippen molar-refractivity contribution in [3.8, 4) is 17.2 Å². The number of benzene rings is 1. The topological polar surface area (TPSA) is 83.7 Å². The van der Waals surface area contributed by atoms with E-state index in [0.29, 0.717) is 18.3 Å². The van der Waals surface area contributed by atoms with Gasteiger partial charge in [0.15, 0.2) is 5.82 Å². The van der Waals surface area contributed by atoms with Crippen molar-refractivity contribution < 1.29 is 14.1 Å². The molecule has 5 aliphatic rings. The zero-order chi connectivity index (χ0) is 22.4. The Labute approximate surface area is 194 Å². The average Bonchev–Trinajstić information content (AvgIpc) is 3.27. The lowest BCUT2D eigenvalue weighted by atomic mass is 9.53. The van der Waals surface area contributed by atoms with E-state index in [1.807, 2.05) is 29.2 Å². The van der Waals surface area contributed by atoms with Crippen molar-refractivity contribution >= 4 is 6.03 Å². The Balaban J connectivity index is 1.01. The van der Waals surface area contributed by atoms with Gasteiger partial charge in [0.1, 0.15) is 5.75 Å². The van der Waals surface area contributed by atoms with E-state index in [9.17, 15) is 4.79 Å². The number of carbonyl (C=O) groups is 1. The first-order valence-corrected chi connectivity index (χ1v) is 12.3. The second-order valence-electron chi connectivity index (χ2n) is 10.6. The normalized spacial score (nSPS) is 31.1. The van der Waals surface area contributed by atoms with Gasteiger partial charge in [-0.3, -0.25) is 4.90 Å². The van der Waals surface area contributed by atoms with Gasteiger partial charge in [-0.25, -0.2) is 4.79 Å². The molecule has 4 saturated carbocycles. The van der Waals surface area contributed by atoms with Crippen LogP contribution in [0, 0.1) is 17.8 Å². The molecule has 2 aromatic rings. The smallest absolute Gasteiger partial charge is 0.317 e. The summed E-state index contributed by atoms with van der Waals surface area (Å²) in [5.41, 5.74) is 0.951. The molecule has 4 bridgehead atoms. The quantitative estimate of drug-likeness (QED) is 0.749. The molecule has 0 unspecified atom stereocenters. The number of piperazine rings is 1. The Bertz CT molecular complexity index is 960. The number of hydrogen-bond donors (Lipinski definition) is 1. The van der Waals surface area contributed by atoms with Crippen LogP contribution in [-0.4, -0.2) is 64.8 Å². The molecule has 176 valence electrons. The largest absolute Gasteiger partial charge is 0.497 e. The van der Waals surface area contributed by atoms with Crippen LogP contribution in [0.4, 0.5) is 4.79 Å². The first kappa shape index (κ1) is 21.0. The van der Waals surface area contributed by atoms with E-state index in [4.69, 9.17) is 9.26 Å². The summed E-state index contributed by atoms with van der Waals surface area (Å²) in [7, 11) is 1.65. The van der Waals surface area contributed by atoms with Crippen LogP contribution < -0.4 is 10.1 Å². The number of rotatable bonds is 5. The SMILES string of the molecule is COc1ccc(-c2nc(CN3CCN(C(=O)NC45CC6CC(CC(C6)C4)C5)CC3)no2)cc1. The summed E-state index contributed by atoms with van der Waals surface area (Å²) in [6.45, 7) is 3.74. The molecular weight excluding hydrogens is 418 g/mol. The van der Waals surface area contributed by atoms with Crippen LogP contribution in [0.1, 0.15) is 44.3 Å². The number of nitrogens with zero attached hydrogens (tertiary/aromatic N) is 4. The molecule has 7 rings (SSSR count). The van der Waals surface area contributed by atoms with Gasteiger partial charge in [0.25, 0.3) is 5.89 Å². The maximum atomic E-state index is 13.1. The second-order valence-corrected chi connectivity index (χ2v) is 10.6.